The van der Waals surface area contributed by atoms with E-state index in [-0.39, 0.29) is 17.2 Å². The summed E-state index contributed by atoms with van der Waals surface area (Å²) in [6.45, 7) is 0.653. The first-order chi connectivity index (χ1) is 15.1. The zero-order chi connectivity index (χ0) is 23.4. The number of nitrogens with zero attached hydrogens (tertiary/aromatic N) is 2. The lowest BCUT2D eigenvalue weighted by atomic mass is 10.1. The highest BCUT2D eigenvalue weighted by molar-refractivity contribution is 7.86. The molecule has 0 atom stereocenters. The first-order valence-corrected chi connectivity index (χ1v) is 11.6. The van der Waals surface area contributed by atoms with Crippen LogP contribution in [0.3, 0.4) is 0 Å². The van der Waals surface area contributed by atoms with Crippen molar-refractivity contribution < 1.29 is 31.6 Å². The van der Waals surface area contributed by atoms with Gasteiger partial charge in [0, 0.05) is 40.1 Å². The van der Waals surface area contributed by atoms with Crippen LogP contribution in [0.25, 0.3) is 10.2 Å². The van der Waals surface area contributed by atoms with Crippen LogP contribution in [0.4, 0.5) is 13.2 Å². The van der Waals surface area contributed by atoms with Crippen LogP contribution in [0, 0.1) is 0 Å². The lowest BCUT2D eigenvalue weighted by Gasteiger charge is -2.36. The molecule has 1 fully saturated rings. The van der Waals surface area contributed by atoms with Gasteiger partial charge in [-0.3, -0.25) is 9.00 Å². The lowest BCUT2D eigenvalue weighted by Crippen LogP contribution is -2.58. The van der Waals surface area contributed by atoms with E-state index in [1.54, 1.807) is 18.2 Å². The monoisotopic (exact) mass is 487 g/mol. The molecular formula is C20H20F3N3O4S2. The average molecular weight is 488 g/mol. The van der Waals surface area contributed by atoms with Gasteiger partial charge in [0.05, 0.1) is 10.2 Å². The molecule has 0 amide bonds. The molecule has 0 bridgehead atoms. The predicted molar refractivity (Wildman–Crippen MR) is 116 cm³/mol. The van der Waals surface area contributed by atoms with Crippen molar-refractivity contribution in [2.24, 2.45) is 0 Å². The van der Waals surface area contributed by atoms with Crippen LogP contribution in [0.2, 0.25) is 0 Å². The third kappa shape index (κ3) is 6.47. The van der Waals surface area contributed by atoms with Gasteiger partial charge < -0.3 is 14.8 Å². The van der Waals surface area contributed by atoms with E-state index in [1.165, 1.54) is 29.7 Å². The lowest BCUT2D eigenvalue weighted by molar-refractivity contribution is -0.153. The Morgan fingerprint density at radius 2 is 2.06 bits per heavy atom. The summed E-state index contributed by atoms with van der Waals surface area (Å²) in [5.41, 5.74) is 0.814. The van der Waals surface area contributed by atoms with Crippen LogP contribution >= 0.6 is 11.3 Å². The maximum Gasteiger partial charge on any atom is 0.422 e. The van der Waals surface area contributed by atoms with Gasteiger partial charge in [0.25, 0.3) is 5.88 Å². The number of thiazole rings is 1. The third-order valence-electron chi connectivity index (χ3n) is 4.38. The van der Waals surface area contributed by atoms with E-state index >= 15 is 0 Å². The van der Waals surface area contributed by atoms with E-state index < -0.39 is 23.6 Å². The number of carbonyl (C=O) groups is 1. The van der Waals surface area contributed by atoms with Crippen LogP contribution in [0.15, 0.2) is 36.5 Å². The molecule has 1 saturated heterocycles. The number of carbonyl (C=O) groups excluding carboxylic acids is 1. The Morgan fingerprint density at radius 1 is 1.31 bits per heavy atom. The van der Waals surface area contributed by atoms with E-state index in [1.807, 2.05) is 7.05 Å². The first kappa shape index (κ1) is 24.1. The molecule has 172 valence electrons. The molecule has 32 heavy (non-hydrogen) atoms. The minimum absolute atomic E-state index is 0.0822. The number of aldehydes is 1. The van der Waals surface area contributed by atoms with Gasteiger partial charge in [-0.15, -0.1) is 11.3 Å². The average Bonchev–Trinajstić information content (AvgIpc) is 3.14. The number of benzene rings is 1. The summed E-state index contributed by atoms with van der Waals surface area (Å²) in [4.78, 5) is 18.7. The zero-order valence-corrected chi connectivity index (χ0v) is 18.8. The molecular weight excluding hydrogens is 467 g/mol. The van der Waals surface area contributed by atoms with Crippen LogP contribution in [0.1, 0.15) is 16.7 Å². The SMILES string of the molecule is CNC1(C)CS(=O)C1.O=Cc1nc2ccc(Oc3ncccc3OCC(F)(F)F)cc2s1. The molecule has 1 aliphatic heterocycles. The minimum atomic E-state index is -4.46. The third-order valence-corrected chi connectivity index (χ3v) is 7.24. The Balaban J connectivity index is 0.000000305. The molecule has 3 aromatic rings. The van der Waals surface area contributed by atoms with Crippen molar-refractivity contribution in [2.45, 2.75) is 18.6 Å². The van der Waals surface area contributed by atoms with Crippen molar-refractivity contribution in [2.75, 3.05) is 25.2 Å². The molecule has 0 unspecified atom stereocenters. The highest BCUT2D eigenvalue weighted by atomic mass is 32.2. The molecule has 1 aromatic carbocycles. The van der Waals surface area contributed by atoms with Crippen molar-refractivity contribution in [1.82, 2.24) is 15.3 Å². The molecule has 0 spiro atoms. The maximum atomic E-state index is 12.3. The fourth-order valence-electron chi connectivity index (χ4n) is 2.68. The molecule has 0 aliphatic carbocycles. The number of alkyl halides is 3. The smallest absolute Gasteiger partial charge is 0.422 e. The predicted octanol–water partition coefficient (Wildman–Crippen LogP) is 3.96. The number of aromatic nitrogens is 2. The highest BCUT2D eigenvalue weighted by Gasteiger charge is 2.36. The summed E-state index contributed by atoms with van der Waals surface area (Å²) in [7, 11) is 1.39. The Morgan fingerprint density at radius 3 is 2.66 bits per heavy atom. The molecule has 3 heterocycles. The van der Waals surface area contributed by atoms with E-state index in [0.29, 0.717) is 27.3 Å². The van der Waals surface area contributed by atoms with Crippen LogP contribution < -0.4 is 14.8 Å². The van der Waals surface area contributed by atoms with Crippen molar-refractivity contribution in [1.29, 1.82) is 0 Å². The van der Waals surface area contributed by atoms with Gasteiger partial charge in [-0.2, -0.15) is 13.2 Å². The largest absolute Gasteiger partial charge is 0.478 e. The second-order valence-electron chi connectivity index (χ2n) is 7.15. The summed E-state index contributed by atoms with van der Waals surface area (Å²) >= 11 is 1.18. The fourth-order valence-corrected chi connectivity index (χ4v) is 5.12. The van der Waals surface area contributed by atoms with Crippen molar-refractivity contribution in [3.8, 4) is 17.4 Å². The number of nitrogens with one attached hydrogen (secondary N) is 1. The molecule has 1 aliphatic rings. The van der Waals surface area contributed by atoms with Gasteiger partial charge in [0.15, 0.2) is 23.7 Å². The number of pyridine rings is 1. The molecule has 0 radical (unpaired) electrons. The minimum Gasteiger partial charge on any atom is -0.478 e. The molecule has 0 saturated carbocycles. The molecule has 12 heteroatoms. The van der Waals surface area contributed by atoms with E-state index in [4.69, 9.17) is 9.47 Å². The van der Waals surface area contributed by atoms with Gasteiger partial charge in [-0.1, -0.05) is 0 Å². The fraction of sp³-hybridized carbons (Fsp3) is 0.350. The Kier molecular flexibility index (Phi) is 7.47. The van der Waals surface area contributed by atoms with Gasteiger partial charge in [0.1, 0.15) is 5.75 Å². The normalized spacial score (nSPS) is 20.1. The first-order valence-electron chi connectivity index (χ1n) is 9.33. The quantitative estimate of drug-likeness (QED) is 0.527. The van der Waals surface area contributed by atoms with E-state index in [2.05, 4.69) is 22.2 Å². The number of ether oxygens (including phenoxy) is 2. The maximum absolute atomic E-state index is 12.3. The molecule has 1 N–H and O–H groups in total. The number of rotatable bonds is 6. The summed E-state index contributed by atoms with van der Waals surface area (Å²) < 4.78 is 58.4. The Hall–Kier alpha value is -2.57. The molecule has 2 aromatic heterocycles. The summed E-state index contributed by atoms with van der Waals surface area (Å²) in [5.74, 6) is 1.79. The van der Waals surface area contributed by atoms with Crippen LogP contribution in [-0.2, 0) is 10.8 Å². The van der Waals surface area contributed by atoms with Crippen LogP contribution in [0.5, 0.6) is 17.4 Å². The second-order valence-corrected chi connectivity index (χ2v) is 9.67. The summed E-state index contributed by atoms with van der Waals surface area (Å²) in [6.07, 6.45) is -2.43. The van der Waals surface area contributed by atoms with Gasteiger partial charge >= 0.3 is 6.18 Å². The van der Waals surface area contributed by atoms with Gasteiger partial charge in [-0.25, -0.2) is 9.97 Å². The van der Waals surface area contributed by atoms with E-state index in [0.717, 1.165) is 11.5 Å². The van der Waals surface area contributed by atoms with E-state index in [9.17, 15) is 22.2 Å². The van der Waals surface area contributed by atoms with Crippen molar-refractivity contribution in [3.63, 3.8) is 0 Å². The Labute approximate surface area is 188 Å². The second kappa shape index (κ2) is 9.92. The number of hydrogen-bond acceptors (Lipinski definition) is 8. The summed E-state index contributed by atoms with van der Waals surface area (Å²) in [5, 5.41) is 3.44. The number of fused-ring (bicyclic) bond motifs is 1. The number of hydrogen-bond donors (Lipinski definition) is 1. The summed E-state index contributed by atoms with van der Waals surface area (Å²) in [6, 6.07) is 7.64. The number of halogens is 3. The Bertz CT molecular complexity index is 1110. The van der Waals surface area contributed by atoms with Gasteiger partial charge in [-0.05, 0) is 38.2 Å². The van der Waals surface area contributed by atoms with Gasteiger partial charge in [0.2, 0.25) is 0 Å². The zero-order valence-electron chi connectivity index (χ0n) is 17.1. The highest BCUT2D eigenvalue weighted by Crippen LogP contribution is 2.33. The topological polar surface area (TPSA) is 90.4 Å². The standard InChI is InChI=1S/C15H9F3N2O3S.C5H11NOS/c16-15(17,18)8-22-11-2-1-5-19-14(11)23-9-3-4-10-12(6-9)24-13(7-21)20-10;1-5(6-2)3-8(7)4-5/h1-7H,8H2;6H,3-4H2,1-2H3. The molecule has 4 rings (SSSR count). The van der Waals surface area contributed by atoms with Crippen molar-refractivity contribution >= 4 is 38.6 Å². The van der Waals surface area contributed by atoms with Crippen molar-refractivity contribution in [3.05, 3.63) is 41.5 Å². The molecule has 7 nitrogen and oxygen atoms in total. The van der Waals surface area contributed by atoms with Crippen LogP contribution in [-0.4, -0.2) is 57.3 Å².